The minimum atomic E-state index is -1.32. The van der Waals surface area contributed by atoms with Gasteiger partial charge in [0.05, 0.1) is 12.4 Å². The molecule has 6 amide bonds. The van der Waals surface area contributed by atoms with Crippen LogP contribution in [-0.2, 0) is 46.4 Å². The maximum atomic E-state index is 14.3. The van der Waals surface area contributed by atoms with Crippen molar-refractivity contribution < 1.29 is 38.7 Å². The highest BCUT2D eigenvalue weighted by molar-refractivity contribution is 5.97. The number of H-pyrrole nitrogens is 2. The van der Waals surface area contributed by atoms with E-state index in [1.165, 1.54) is 12.5 Å². The van der Waals surface area contributed by atoms with Gasteiger partial charge >= 0.3 is 5.97 Å². The summed E-state index contributed by atoms with van der Waals surface area (Å²) in [6.07, 6.45) is 5.32. The number of nitrogens with two attached hydrogens (primary N) is 3. The van der Waals surface area contributed by atoms with E-state index in [1.54, 1.807) is 40.8 Å². The van der Waals surface area contributed by atoms with Crippen molar-refractivity contribution in [1.29, 1.82) is 0 Å². The molecule has 2 heterocycles. The van der Waals surface area contributed by atoms with Gasteiger partial charge in [0, 0.05) is 48.4 Å². The summed E-state index contributed by atoms with van der Waals surface area (Å²) in [5, 5.41) is 27.2. The first-order chi connectivity index (χ1) is 31.1. The number of amides is 6. The van der Waals surface area contributed by atoms with Crippen molar-refractivity contribution in [1.82, 2.24) is 46.9 Å². The largest absolute Gasteiger partial charge is 0.480 e. The molecule has 21 heteroatoms. The van der Waals surface area contributed by atoms with Crippen LogP contribution in [0, 0.1) is 23.7 Å². The lowest BCUT2D eigenvalue weighted by molar-refractivity contribution is -0.142. The SMILES string of the molecule is CCC(C)C(NC(=O)C(N)C(C)C)C(=O)NC(Cc1cnc[nH]1)C(=O)NC(CCCN=C(N)N)C(=O)NC(CC(C)C)C(=O)NC(C(=O)NC(Cc1c[nH]c2ccccc12)C(=O)O)C(C)C. The number of aliphatic imine (C=N–C) groups is 1. The van der Waals surface area contributed by atoms with Crippen LogP contribution in [0.15, 0.2) is 48.0 Å². The Morgan fingerprint density at radius 3 is 1.89 bits per heavy atom. The highest BCUT2D eigenvalue weighted by atomic mass is 16.4. The van der Waals surface area contributed by atoms with Gasteiger partial charge in [0.2, 0.25) is 35.4 Å². The Labute approximate surface area is 385 Å². The number of nitrogens with zero attached hydrogens (tertiary/aromatic N) is 2. The summed E-state index contributed by atoms with van der Waals surface area (Å²) in [5.41, 5.74) is 19.1. The van der Waals surface area contributed by atoms with Crippen molar-refractivity contribution in [2.75, 3.05) is 6.54 Å². The Balaban J connectivity index is 1.87. The van der Waals surface area contributed by atoms with E-state index in [0.29, 0.717) is 17.7 Å². The summed E-state index contributed by atoms with van der Waals surface area (Å²) in [7, 11) is 0. The summed E-state index contributed by atoms with van der Waals surface area (Å²) in [6, 6.07) is -0.851. The van der Waals surface area contributed by atoms with Crippen LogP contribution < -0.4 is 49.1 Å². The number of carbonyl (C=O) groups is 7. The van der Waals surface area contributed by atoms with Crippen LogP contribution in [0.4, 0.5) is 0 Å². The van der Waals surface area contributed by atoms with Crippen molar-refractivity contribution in [3.8, 4) is 0 Å². The van der Waals surface area contributed by atoms with E-state index < -0.39 is 89.6 Å². The molecule has 66 heavy (non-hydrogen) atoms. The first-order valence-electron chi connectivity index (χ1n) is 22.5. The molecule has 2 aromatic heterocycles. The lowest BCUT2D eigenvalue weighted by Gasteiger charge is -2.29. The second-order valence-electron chi connectivity index (χ2n) is 17.9. The molecule has 364 valence electrons. The number of hydrogen-bond acceptors (Lipinski definition) is 10. The van der Waals surface area contributed by atoms with Crippen molar-refractivity contribution in [2.24, 2.45) is 45.9 Å². The smallest absolute Gasteiger partial charge is 0.326 e. The second-order valence-corrected chi connectivity index (χ2v) is 17.9. The van der Waals surface area contributed by atoms with Gasteiger partial charge in [-0.15, -0.1) is 0 Å². The van der Waals surface area contributed by atoms with Gasteiger partial charge in [-0.2, -0.15) is 0 Å². The normalized spacial score (nSPS) is 15.1. The minimum Gasteiger partial charge on any atom is -0.480 e. The highest BCUT2D eigenvalue weighted by Gasteiger charge is 2.36. The third-order valence-corrected chi connectivity index (χ3v) is 11.3. The third kappa shape index (κ3) is 16.5. The predicted octanol–water partition coefficient (Wildman–Crippen LogP) is 0.455. The van der Waals surface area contributed by atoms with Gasteiger partial charge in [-0.1, -0.05) is 80.0 Å². The fourth-order valence-corrected chi connectivity index (χ4v) is 7.13. The molecule has 8 atom stereocenters. The number of nitrogens with one attached hydrogen (secondary N) is 8. The van der Waals surface area contributed by atoms with Crippen LogP contribution in [0.25, 0.3) is 10.9 Å². The zero-order chi connectivity index (χ0) is 49.2. The van der Waals surface area contributed by atoms with Gasteiger partial charge in [0.15, 0.2) is 5.96 Å². The second kappa shape index (κ2) is 25.8. The maximum Gasteiger partial charge on any atom is 0.326 e. The molecule has 0 spiro atoms. The van der Waals surface area contributed by atoms with Gasteiger partial charge in [0.25, 0.3) is 0 Å². The summed E-state index contributed by atoms with van der Waals surface area (Å²) >= 11 is 0. The fourth-order valence-electron chi connectivity index (χ4n) is 7.13. The third-order valence-electron chi connectivity index (χ3n) is 11.3. The molecule has 15 N–H and O–H groups in total. The van der Waals surface area contributed by atoms with Crippen LogP contribution in [0.5, 0.6) is 0 Å². The number of para-hydroxylation sites is 1. The molecule has 3 rings (SSSR count). The van der Waals surface area contributed by atoms with E-state index in [9.17, 15) is 38.7 Å². The van der Waals surface area contributed by atoms with Gasteiger partial charge in [-0.05, 0) is 54.6 Å². The Hall–Kier alpha value is -6.51. The molecule has 0 aliphatic rings. The van der Waals surface area contributed by atoms with Crippen LogP contribution in [-0.4, -0.2) is 116 Å². The quantitative estimate of drug-likeness (QED) is 0.0282. The van der Waals surface area contributed by atoms with Crippen LogP contribution in [0.2, 0.25) is 0 Å². The van der Waals surface area contributed by atoms with Gasteiger partial charge in [0.1, 0.15) is 36.3 Å². The standard InChI is InChI=1S/C45H71N13O8/c1-9-26(8)37(58-41(62)35(46)24(4)5)43(64)55-33(19-28-21-49-22-52-28)39(60)53-31(15-12-16-50-45(47)48)38(59)54-32(17-23(2)3)40(61)57-36(25(6)7)42(63)56-34(44(65)66)18-27-20-51-30-14-11-10-13-29(27)30/h10-11,13-14,20-26,31-37,51H,9,12,15-19,46H2,1-8H3,(H,49,52)(H,53,60)(H,54,59)(H,55,64)(H,56,63)(H,57,61)(H,58,62)(H,65,66)(H4,47,48,50). The molecule has 21 nitrogen and oxygen atoms in total. The Kier molecular flexibility index (Phi) is 21.1. The lowest BCUT2D eigenvalue weighted by Crippen LogP contribution is -2.61. The molecule has 0 saturated heterocycles. The van der Waals surface area contributed by atoms with Crippen LogP contribution in [0.1, 0.15) is 92.3 Å². The van der Waals surface area contributed by atoms with Crippen molar-refractivity contribution in [3.63, 3.8) is 0 Å². The van der Waals surface area contributed by atoms with Crippen LogP contribution >= 0.6 is 0 Å². The molecular formula is C45H71N13O8. The topological polar surface area (TPSA) is 347 Å². The number of benzene rings is 1. The van der Waals surface area contributed by atoms with E-state index in [0.717, 1.165) is 10.9 Å². The zero-order valence-electron chi connectivity index (χ0n) is 39.3. The number of guanidine groups is 1. The van der Waals surface area contributed by atoms with Gasteiger partial charge in [-0.25, -0.2) is 9.78 Å². The van der Waals surface area contributed by atoms with E-state index in [2.05, 4.69) is 51.8 Å². The molecule has 0 saturated carbocycles. The number of carboxylic acid groups (broad SMARTS) is 1. The minimum absolute atomic E-state index is 0.00221. The van der Waals surface area contributed by atoms with Gasteiger partial charge in [-0.3, -0.25) is 33.8 Å². The first-order valence-corrected chi connectivity index (χ1v) is 22.5. The molecule has 3 aromatic rings. The Morgan fingerprint density at radius 2 is 1.30 bits per heavy atom. The number of aromatic amines is 2. The summed E-state index contributed by atoms with van der Waals surface area (Å²) in [5.74, 6) is -6.75. The number of imidazole rings is 1. The number of carboxylic acids is 1. The van der Waals surface area contributed by atoms with Crippen molar-refractivity contribution in [2.45, 2.75) is 136 Å². The predicted molar refractivity (Wildman–Crippen MR) is 250 cm³/mol. The molecule has 8 unspecified atom stereocenters. The van der Waals surface area contributed by atoms with Crippen LogP contribution in [0.3, 0.4) is 0 Å². The lowest BCUT2D eigenvalue weighted by atomic mass is 9.96. The Morgan fingerprint density at radius 1 is 0.712 bits per heavy atom. The summed E-state index contributed by atoms with van der Waals surface area (Å²) in [6.45, 7) is 14.4. The zero-order valence-corrected chi connectivity index (χ0v) is 39.3. The maximum absolute atomic E-state index is 14.3. The molecule has 1 aromatic carbocycles. The van der Waals surface area contributed by atoms with E-state index in [1.807, 2.05) is 45.0 Å². The molecule has 0 fully saturated rings. The molecular weight excluding hydrogens is 851 g/mol. The highest BCUT2D eigenvalue weighted by Crippen LogP contribution is 2.20. The van der Waals surface area contributed by atoms with E-state index in [-0.39, 0.29) is 62.4 Å². The number of aromatic nitrogens is 3. The first kappa shape index (κ1) is 53.8. The number of carbonyl (C=O) groups excluding carboxylic acids is 6. The molecule has 0 aliphatic carbocycles. The summed E-state index contributed by atoms with van der Waals surface area (Å²) < 4.78 is 0. The van der Waals surface area contributed by atoms with E-state index in [4.69, 9.17) is 17.2 Å². The average molecular weight is 922 g/mol. The number of rotatable bonds is 27. The molecule has 0 radical (unpaired) electrons. The Bertz CT molecular complexity index is 2120. The number of aliphatic carboxylic acids is 1. The monoisotopic (exact) mass is 922 g/mol. The van der Waals surface area contributed by atoms with Gasteiger partial charge < -0.3 is 64.2 Å². The van der Waals surface area contributed by atoms with Crippen molar-refractivity contribution >= 4 is 58.3 Å². The fraction of sp³-hybridized carbons (Fsp3) is 0.578. The van der Waals surface area contributed by atoms with E-state index >= 15 is 0 Å². The molecule has 0 bridgehead atoms. The number of hydrogen-bond donors (Lipinski definition) is 12. The number of fused-ring (bicyclic) bond motifs is 1. The average Bonchev–Trinajstić information content (AvgIpc) is 3.93. The summed E-state index contributed by atoms with van der Waals surface area (Å²) in [4.78, 5) is 110. The molecule has 0 aliphatic heterocycles. The van der Waals surface area contributed by atoms with Crippen molar-refractivity contribution in [3.05, 3.63) is 54.2 Å².